The lowest BCUT2D eigenvalue weighted by Gasteiger charge is -2.42. The van der Waals surface area contributed by atoms with Gasteiger partial charge < -0.3 is 38.8 Å². The highest BCUT2D eigenvalue weighted by Crippen LogP contribution is 2.45. The van der Waals surface area contributed by atoms with Crippen molar-refractivity contribution in [2.45, 2.75) is 89.3 Å². The van der Waals surface area contributed by atoms with Gasteiger partial charge in [-0.1, -0.05) is 0 Å². The van der Waals surface area contributed by atoms with Crippen LogP contribution in [0.1, 0.15) is 75.2 Å². The summed E-state index contributed by atoms with van der Waals surface area (Å²) in [7, 11) is 1.55. The molecule has 0 bridgehead atoms. The molecule has 3 aliphatic heterocycles. The molecule has 3 aliphatic rings. The first-order chi connectivity index (χ1) is 21.3. The van der Waals surface area contributed by atoms with E-state index in [2.05, 4.69) is 0 Å². The number of rotatable bonds is 12. The number of hydrogen-bond donors (Lipinski definition) is 1. The molecule has 0 saturated carbocycles. The van der Waals surface area contributed by atoms with E-state index in [-0.39, 0.29) is 50.4 Å². The van der Waals surface area contributed by atoms with E-state index in [1.54, 1.807) is 21.0 Å². The molecule has 3 atom stereocenters. The van der Waals surface area contributed by atoms with E-state index in [1.807, 2.05) is 0 Å². The van der Waals surface area contributed by atoms with Crippen molar-refractivity contribution in [1.82, 2.24) is 9.80 Å². The number of alkyl halides is 3. The number of nitrogens with zero attached hydrogens (tertiary/aromatic N) is 3. The van der Waals surface area contributed by atoms with E-state index in [4.69, 9.17) is 18.9 Å². The van der Waals surface area contributed by atoms with Crippen LogP contribution >= 0.6 is 0 Å². The number of hydrogen-bond acceptors (Lipinski definition) is 7. The van der Waals surface area contributed by atoms with Gasteiger partial charge in [0.05, 0.1) is 42.2 Å². The maximum atomic E-state index is 14.6. The molecule has 1 aromatic carbocycles. The van der Waals surface area contributed by atoms with Crippen LogP contribution in [0.2, 0.25) is 0 Å². The number of piperidine rings is 1. The number of likely N-dealkylation sites (tertiary alicyclic amines) is 1. The third-order valence-corrected chi connectivity index (χ3v) is 8.50. The molecule has 4 rings (SSSR count). The lowest BCUT2D eigenvalue weighted by molar-refractivity contribution is -0.141. The van der Waals surface area contributed by atoms with Crippen LogP contribution in [0.15, 0.2) is 12.1 Å². The first-order valence-electron chi connectivity index (χ1n) is 15.5. The highest BCUT2D eigenvalue weighted by atomic mass is 19.4. The molecule has 14 heteroatoms. The number of methoxy groups -OCH3 is 1. The maximum Gasteiger partial charge on any atom is 0.417 e. The number of amides is 3. The highest BCUT2D eigenvalue weighted by Gasteiger charge is 2.48. The number of carbonyl (C=O) groups excluding carboxylic acids is 2. The van der Waals surface area contributed by atoms with E-state index >= 15 is 0 Å². The molecule has 2 fully saturated rings. The van der Waals surface area contributed by atoms with Gasteiger partial charge in [0.15, 0.2) is 0 Å². The number of unbranched alkanes of at least 4 members (excludes halogenated alkanes) is 1. The lowest BCUT2D eigenvalue weighted by atomic mass is 9.96. The predicted molar refractivity (Wildman–Crippen MR) is 158 cm³/mol. The third-order valence-electron chi connectivity index (χ3n) is 8.50. The summed E-state index contributed by atoms with van der Waals surface area (Å²) in [6.07, 6.45) is -2.49. The van der Waals surface area contributed by atoms with Crippen LogP contribution in [0.3, 0.4) is 0 Å². The van der Waals surface area contributed by atoms with Gasteiger partial charge in [-0.15, -0.1) is 0 Å². The van der Waals surface area contributed by atoms with Gasteiger partial charge in [-0.05, 0) is 71.4 Å². The van der Waals surface area contributed by atoms with E-state index in [9.17, 15) is 32.7 Å². The van der Waals surface area contributed by atoms with Crippen LogP contribution in [-0.2, 0) is 25.2 Å². The Morgan fingerprint density at radius 3 is 2.58 bits per heavy atom. The van der Waals surface area contributed by atoms with Crippen LogP contribution in [-0.4, -0.2) is 110 Å². The summed E-state index contributed by atoms with van der Waals surface area (Å²) in [4.78, 5) is 43.5. The number of carboxylic acid groups (broad SMARTS) is 1. The predicted octanol–water partition coefficient (Wildman–Crippen LogP) is 4.80. The van der Waals surface area contributed by atoms with Gasteiger partial charge in [-0.2, -0.15) is 13.2 Å². The number of carbonyl (C=O) groups is 3. The fourth-order valence-electron chi connectivity index (χ4n) is 6.26. The Labute approximate surface area is 261 Å². The van der Waals surface area contributed by atoms with Gasteiger partial charge in [0.2, 0.25) is 5.60 Å². The molecule has 0 spiro atoms. The fraction of sp³-hybridized carbons (Fsp3) is 0.710. The average molecular weight is 644 g/mol. The molecule has 11 nitrogen and oxygen atoms in total. The van der Waals surface area contributed by atoms with Crippen molar-refractivity contribution >= 4 is 23.6 Å². The normalized spacial score (nSPS) is 23.7. The second-order valence-electron chi connectivity index (χ2n) is 12.3. The molecular weight excluding hydrogens is 599 g/mol. The number of ether oxygens (including phenoxy) is 4. The van der Waals surface area contributed by atoms with Crippen molar-refractivity contribution in [2.24, 2.45) is 0 Å². The monoisotopic (exact) mass is 643 g/mol. The Kier molecular flexibility index (Phi) is 11.2. The molecule has 0 aliphatic carbocycles. The summed E-state index contributed by atoms with van der Waals surface area (Å²) < 4.78 is 66.4. The van der Waals surface area contributed by atoms with E-state index in [1.165, 1.54) is 21.6 Å². The first kappa shape index (κ1) is 34.8. The molecule has 2 unspecified atom stereocenters. The smallest absolute Gasteiger partial charge is 0.417 e. The van der Waals surface area contributed by atoms with E-state index in [0.29, 0.717) is 38.9 Å². The van der Waals surface area contributed by atoms with Gasteiger partial charge in [0.1, 0.15) is 5.75 Å². The topological polar surface area (TPSA) is 118 Å². The molecule has 0 aromatic heterocycles. The van der Waals surface area contributed by atoms with Gasteiger partial charge in [0.25, 0.3) is 11.8 Å². The van der Waals surface area contributed by atoms with Gasteiger partial charge in [-0.25, -0.2) is 4.79 Å². The molecule has 3 heterocycles. The average Bonchev–Trinajstić information content (AvgIpc) is 3.49. The summed E-state index contributed by atoms with van der Waals surface area (Å²) >= 11 is 0. The zero-order valence-corrected chi connectivity index (χ0v) is 26.4. The van der Waals surface area contributed by atoms with Crippen LogP contribution < -0.4 is 9.64 Å². The van der Waals surface area contributed by atoms with E-state index < -0.39 is 52.9 Å². The molecule has 2 saturated heterocycles. The minimum atomic E-state index is -4.93. The number of anilines is 1. The number of benzene rings is 1. The second-order valence-corrected chi connectivity index (χ2v) is 12.3. The summed E-state index contributed by atoms with van der Waals surface area (Å²) in [6.45, 7) is 6.35. The van der Waals surface area contributed by atoms with Gasteiger partial charge in [0, 0.05) is 46.0 Å². The van der Waals surface area contributed by atoms with Crippen LogP contribution in [0, 0.1) is 0 Å². The lowest BCUT2D eigenvalue weighted by Crippen LogP contribution is -2.57. The Morgan fingerprint density at radius 1 is 1.20 bits per heavy atom. The zero-order valence-electron chi connectivity index (χ0n) is 26.4. The Bertz CT molecular complexity index is 1220. The Hall–Kier alpha value is -3.10. The van der Waals surface area contributed by atoms with Crippen LogP contribution in [0.25, 0.3) is 0 Å². The van der Waals surface area contributed by atoms with E-state index in [0.717, 1.165) is 25.0 Å². The molecule has 252 valence electrons. The van der Waals surface area contributed by atoms with Crippen LogP contribution in [0.5, 0.6) is 5.75 Å². The molecule has 3 amide bonds. The van der Waals surface area contributed by atoms with Crippen molar-refractivity contribution in [3.05, 3.63) is 23.3 Å². The zero-order chi connectivity index (χ0) is 32.9. The minimum absolute atomic E-state index is 0.0109. The summed E-state index contributed by atoms with van der Waals surface area (Å²) in [6, 6.07) is 0.736. The highest BCUT2D eigenvalue weighted by molar-refractivity contribution is 6.05. The SMILES string of the molecule is COCCCCN1C(=O)C(C)(COCC2CCCO2)Oc2cc(C(F)(F)F)c(C(=O)N(C(C)C)[C@@H]3CCCN(C(=O)O)C3)cc21. The minimum Gasteiger partial charge on any atom is -0.473 e. The van der Waals surface area contributed by atoms with Crippen molar-refractivity contribution in [1.29, 1.82) is 0 Å². The fourth-order valence-corrected chi connectivity index (χ4v) is 6.26. The van der Waals surface area contributed by atoms with Crippen molar-refractivity contribution < 1.29 is 51.6 Å². The maximum absolute atomic E-state index is 14.6. The van der Waals surface area contributed by atoms with Crippen molar-refractivity contribution in [2.75, 3.05) is 58.1 Å². The molecule has 1 aromatic rings. The Morgan fingerprint density at radius 2 is 1.96 bits per heavy atom. The first-order valence-corrected chi connectivity index (χ1v) is 15.5. The third kappa shape index (κ3) is 8.01. The second kappa shape index (κ2) is 14.5. The van der Waals surface area contributed by atoms with Crippen molar-refractivity contribution in [3.8, 4) is 5.75 Å². The number of halogens is 3. The largest absolute Gasteiger partial charge is 0.473 e. The quantitative estimate of drug-likeness (QED) is 0.323. The summed E-state index contributed by atoms with van der Waals surface area (Å²) in [5, 5.41) is 9.52. The Balaban J connectivity index is 1.72. The molecule has 0 radical (unpaired) electrons. The molecule has 45 heavy (non-hydrogen) atoms. The van der Waals surface area contributed by atoms with Gasteiger partial charge in [-0.3, -0.25) is 9.59 Å². The molecule has 1 N–H and O–H groups in total. The summed E-state index contributed by atoms with van der Waals surface area (Å²) in [5.41, 5.74) is -3.38. The van der Waals surface area contributed by atoms with Crippen molar-refractivity contribution in [3.63, 3.8) is 0 Å². The standard InChI is InChI=1S/C31H44F3N3O8/c1-20(2)37(21-9-7-11-35(17-21)29(40)41)27(38)23-15-25-26(16-24(23)31(32,33)34)45-30(3,19-43-18-22-10-8-14-44-22)28(39)36(25)12-5-6-13-42-4/h15-16,20-22H,5-14,17-19H2,1-4H3,(H,40,41)/t21-,22?,30?/m1/s1. The summed E-state index contributed by atoms with van der Waals surface area (Å²) in [5.74, 6) is -1.57. The molecular formula is C31H44F3N3O8. The van der Waals surface area contributed by atoms with Crippen LogP contribution in [0.4, 0.5) is 23.7 Å². The van der Waals surface area contributed by atoms with Gasteiger partial charge >= 0.3 is 12.3 Å². The number of fused-ring (bicyclic) bond motifs is 1.